The molecule has 3 heteroatoms. The van der Waals surface area contributed by atoms with Gasteiger partial charge in [0.05, 0.1) is 6.54 Å². The Morgan fingerprint density at radius 2 is 2.12 bits per heavy atom. The fraction of sp³-hybridized carbons (Fsp3) is 0.714. The fourth-order valence-electron chi connectivity index (χ4n) is 2.10. The summed E-state index contributed by atoms with van der Waals surface area (Å²) in [6.07, 6.45) is 2.37. The van der Waals surface area contributed by atoms with Crippen LogP contribution in [0.5, 0.6) is 0 Å². The van der Waals surface area contributed by atoms with Crippen molar-refractivity contribution in [3.63, 3.8) is 0 Å². The molecule has 1 heterocycles. The molecule has 0 radical (unpaired) electrons. The first-order chi connectivity index (χ1) is 8.11. The third-order valence-corrected chi connectivity index (χ3v) is 2.96. The topological polar surface area (TPSA) is 51.2 Å². The molecule has 0 amide bonds. The molecule has 0 saturated heterocycles. The van der Waals surface area contributed by atoms with Crippen LogP contribution in [-0.4, -0.2) is 13.1 Å². The van der Waals surface area contributed by atoms with Crippen LogP contribution in [0.2, 0.25) is 0 Å². The standard InChI is InChI=1S/C14H26N2O/c1-11(2)8-13(9-15)6-7-16-10-14-5-4-12(3)17-14/h4-5,11,13,16H,6-10,15H2,1-3H3/t13-/m1/s1. The van der Waals surface area contributed by atoms with E-state index >= 15 is 0 Å². The van der Waals surface area contributed by atoms with Gasteiger partial charge in [-0.05, 0) is 56.8 Å². The number of rotatable bonds is 8. The number of aryl methyl sites for hydroxylation is 1. The Morgan fingerprint density at radius 3 is 2.65 bits per heavy atom. The minimum atomic E-state index is 0.640. The van der Waals surface area contributed by atoms with Crippen molar-refractivity contribution in [2.75, 3.05) is 13.1 Å². The van der Waals surface area contributed by atoms with Crippen LogP contribution in [-0.2, 0) is 6.54 Å². The zero-order chi connectivity index (χ0) is 12.7. The lowest BCUT2D eigenvalue weighted by Gasteiger charge is -2.16. The van der Waals surface area contributed by atoms with Crippen molar-refractivity contribution in [1.29, 1.82) is 0 Å². The van der Waals surface area contributed by atoms with Crippen molar-refractivity contribution in [2.24, 2.45) is 17.6 Å². The van der Waals surface area contributed by atoms with Gasteiger partial charge in [0, 0.05) is 0 Å². The molecule has 0 aromatic carbocycles. The van der Waals surface area contributed by atoms with E-state index in [4.69, 9.17) is 10.2 Å². The van der Waals surface area contributed by atoms with Crippen LogP contribution < -0.4 is 11.1 Å². The first kappa shape index (κ1) is 14.3. The monoisotopic (exact) mass is 238 g/mol. The summed E-state index contributed by atoms with van der Waals surface area (Å²) >= 11 is 0. The molecule has 0 bridgehead atoms. The second-order valence-corrected chi connectivity index (χ2v) is 5.21. The molecule has 0 saturated carbocycles. The molecular weight excluding hydrogens is 212 g/mol. The maximum Gasteiger partial charge on any atom is 0.117 e. The van der Waals surface area contributed by atoms with Crippen molar-refractivity contribution in [2.45, 2.75) is 40.2 Å². The summed E-state index contributed by atoms with van der Waals surface area (Å²) in [4.78, 5) is 0. The molecule has 0 fully saturated rings. The Labute approximate surface area is 105 Å². The van der Waals surface area contributed by atoms with Gasteiger partial charge in [0.1, 0.15) is 11.5 Å². The second-order valence-electron chi connectivity index (χ2n) is 5.21. The molecule has 3 N–H and O–H groups in total. The van der Waals surface area contributed by atoms with Crippen LogP contribution in [0.3, 0.4) is 0 Å². The highest BCUT2D eigenvalue weighted by Crippen LogP contribution is 2.13. The van der Waals surface area contributed by atoms with Gasteiger partial charge in [-0.1, -0.05) is 13.8 Å². The second kappa shape index (κ2) is 7.51. The van der Waals surface area contributed by atoms with Gasteiger partial charge in [-0.2, -0.15) is 0 Å². The molecule has 17 heavy (non-hydrogen) atoms. The normalized spacial score (nSPS) is 13.2. The van der Waals surface area contributed by atoms with Gasteiger partial charge in [-0.15, -0.1) is 0 Å². The Balaban J connectivity index is 2.14. The fourth-order valence-corrected chi connectivity index (χ4v) is 2.10. The third-order valence-electron chi connectivity index (χ3n) is 2.96. The van der Waals surface area contributed by atoms with E-state index in [9.17, 15) is 0 Å². The Morgan fingerprint density at radius 1 is 1.35 bits per heavy atom. The van der Waals surface area contributed by atoms with Gasteiger partial charge in [-0.3, -0.25) is 0 Å². The van der Waals surface area contributed by atoms with Crippen LogP contribution in [0.25, 0.3) is 0 Å². The molecule has 1 aromatic heterocycles. The minimum absolute atomic E-state index is 0.640. The largest absolute Gasteiger partial charge is 0.465 e. The number of furan rings is 1. The first-order valence-electron chi connectivity index (χ1n) is 6.58. The SMILES string of the molecule is Cc1ccc(CNCC[C@@H](CN)CC(C)C)o1. The van der Waals surface area contributed by atoms with Crippen LogP contribution >= 0.6 is 0 Å². The van der Waals surface area contributed by atoms with Gasteiger partial charge in [0.15, 0.2) is 0 Å². The lowest BCUT2D eigenvalue weighted by molar-refractivity contribution is 0.379. The summed E-state index contributed by atoms with van der Waals surface area (Å²) in [5.74, 6) is 3.36. The summed E-state index contributed by atoms with van der Waals surface area (Å²) < 4.78 is 5.49. The maximum absolute atomic E-state index is 5.77. The Bertz CT molecular complexity index is 307. The molecule has 3 nitrogen and oxygen atoms in total. The van der Waals surface area contributed by atoms with Gasteiger partial charge >= 0.3 is 0 Å². The molecule has 0 spiro atoms. The number of hydrogen-bond acceptors (Lipinski definition) is 3. The zero-order valence-corrected chi connectivity index (χ0v) is 11.3. The van der Waals surface area contributed by atoms with Crippen LogP contribution in [0, 0.1) is 18.8 Å². The van der Waals surface area contributed by atoms with Crippen molar-refractivity contribution in [3.8, 4) is 0 Å². The van der Waals surface area contributed by atoms with Gasteiger partial charge < -0.3 is 15.5 Å². The van der Waals surface area contributed by atoms with E-state index in [0.717, 1.165) is 43.5 Å². The molecule has 0 aliphatic heterocycles. The summed E-state index contributed by atoms with van der Waals surface area (Å²) in [6, 6.07) is 4.02. The molecule has 98 valence electrons. The number of nitrogens with two attached hydrogens (primary N) is 1. The predicted molar refractivity (Wildman–Crippen MR) is 71.8 cm³/mol. The molecule has 1 atom stereocenters. The quantitative estimate of drug-likeness (QED) is 0.685. The van der Waals surface area contributed by atoms with Crippen LogP contribution in [0.1, 0.15) is 38.2 Å². The van der Waals surface area contributed by atoms with Gasteiger partial charge in [0.2, 0.25) is 0 Å². The van der Waals surface area contributed by atoms with E-state index in [0.29, 0.717) is 5.92 Å². The summed E-state index contributed by atoms with van der Waals surface area (Å²) in [6.45, 7) is 9.08. The van der Waals surface area contributed by atoms with Gasteiger partial charge in [-0.25, -0.2) is 0 Å². The van der Waals surface area contributed by atoms with Crippen molar-refractivity contribution in [3.05, 3.63) is 23.7 Å². The van der Waals surface area contributed by atoms with E-state index in [2.05, 4.69) is 19.2 Å². The lowest BCUT2D eigenvalue weighted by atomic mass is 9.94. The lowest BCUT2D eigenvalue weighted by Crippen LogP contribution is -2.23. The molecular formula is C14H26N2O. The summed E-state index contributed by atoms with van der Waals surface area (Å²) in [5.41, 5.74) is 5.77. The molecule has 1 aromatic rings. The predicted octanol–water partition coefficient (Wildman–Crippen LogP) is 2.69. The molecule has 0 aliphatic carbocycles. The average Bonchev–Trinajstić information content (AvgIpc) is 2.68. The minimum Gasteiger partial charge on any atom is -0.465 e. The van der Waals surface area contributed by atoms with E-state index in [1.165, 1.54) is 6.42 Å². The van der Waals surface area contributed by atoms with Crippen LogP contribution in [0.15, 0.2) is 16.5 Å². The molecule has 1 rings (SSSR count). The summed E-state index contributed by atoms with van der Waals surface area (Å²) in [7, 11) is 0. The highest BCUT2D eigenvalue weighted by atomic mass is 16.3. The van der Waals surface area contributed by atoms with E-state index in [1.807, 2.05) is 19.1 Å². The van der Waals surface area contributed by atoms with Crippen molar-refractivity contribution >= 4 is 0 Å². The average molecular weight is 238 g/mol. The highest BCUT2D eigenvalue weighted by Gasteiger charge is 2.08. The summed E-state index contributed by atoms with van der Waals surface area (Å²) in [5, 5.41) is 3.40. The van der Waals surface area contributed by atoms with E-state index in [-0.39, 0.29) is 0 Å². The van der Waals surface area contributed by atoms with E-state index < -0.39 is 0 Å². The zero-order valence-electron chi connectivity index (χ0n) is 11.3. The number of hydrogen-bond donors (Lipinski definition) is 2. The third kappa shape index (κ3) is 5.89. The first-order valence-corrected chi connectivity index (χ1v) is 6.58. The molecule has 0 unspecified atom stereocenters. The highest BCUT2D eigenvalue weighted by molar-refractivity contribution is 5.04. The van der Waals surface area contributed by atoms with Crippen molar-refractivity contribution in [1.82, 2.24) is 5.32 Å². The maximum atomic E-state index is 5.77. The van der Waals surface area contributed by atoms with E-state index in [1.54, 1.807) is 0 Å². The smallest absolute Gasteiger partial charge is 0.117 e. The number of nitrogens with one attached hydrogen (secondary N) is 1. The molecule has 0 aliphatic rings. The van der Waals surface area contributed by atoms with Gasteiger partial charge in [0.25, 0.3) is 0 Å². The van der Waals surface area contributed by atoms with Crippen molar-refractivity contribution < 1.29 is 4.42 Å². The van der Waals surface area contributed by atoms with Crippen LogP contribution in [0.4, 0.5) is 0 Å². The Hall–Kier alpha value is -0.800. The Kier molecular flexibility index (Phi) is 6.30.